The first-order valence-electron chi connectivity index (χ1n) is 7.83. The highest BCUT2D eigenvalue weighted by molar-refractivity contribution is 5.85. The van der Waals surface area contributed by atoms with Crippen LogP contribution in [0.3, 0.4) is 0 Å². The summed E-state index contributed by atoms with van der Waals surface area (Å²) in [5.74, 6) is 0.986. The summed E-state index contributed by atoms with van der Waals surface area (Å²) >= 11 is 0. The smallest absolute Gasteiger partial charge is 0.119 e. The van der Waals surface area contributed by atoms with Crippen LogP contribution in [0, 0.1) is 0 Å². The maximum absolute atomic E-state index is 5.55. The summed E-state index contributed by atoms with van der Waals surface area (Å²) in [6.45, 7) is 3.73. The highest BCUT2D eigenvalue weighted by Crippen LogP contribution is 2.18. The van der Waals surface area contributed by atoms with E-state index in [-0.39, 0.29) is 12.4 Å². The molecule has 0 spiro atoms. The van der Waals surface area contributed by atoms with Gasteiger partial charge in [-0.1, -0.05) is 44.2 Å². The molecule has 1 aliphatic carbocycles. The molecule has 0 heterocycles. The van der Waals surface area contributed by atoms with Crippen molar-refractivity contribution in [1.29, 1.82) is 0 Å². The Balaban J connectivity index is 0.00000200. The van der Waals surface area contributed by atoms with E-state index in [2.05, 4.69) is 23.5 Å². The van der Waals surface area contributed by atoms with Gasteiger partial charge >= 0.3 is 0 Å². The predicted octanol–water partition coefficient (Wildman–Crippen LogP) is 4.71. The molecule has 0 bridgehead atoms. The quantitative estimate of drug-likeness (QED) is 0.850. The van der Waals surface area contributed by atoms with Crippen molar-refractivity contribution in [3.05, 3.63) is 29.8 Å². The number of rotatable bonds is 5. The number of benzene rings is 1. The van der Waals surface area contributed by atoms with Gasteiger partial charge in [-0.3, -0.25) is 0 Å². The maximum Gasteiger partial charge on any atom is 0.119 e. The molecule has 3 heteroatoms. The third kappa shape index (κ3) is 6.15. The van der Waals surface area contributed by atoms with E-state index in [9.17, 15) is 0 Å². The molecule has 0 unspecified atom stereocenters. The Morgan fingerprint density at radius 1 is 1.10 bits per heavy atom. The zero-order chi connectivity index (χ0) is 13.3. The summed E-state index contributed by atoms with van der Waals surface area (Å²) in [4.78, 5) is 0. The molecule has 20 heavy (non-hydrogen) atoms. The molecule has 0 saturated heterocycles. The monoisotopic (exact) mass is 297 g/mol. The van der Waals surface area contributed by atoms with Gasteiger partial charge < -0.3 is 10.1 Å². The van der Waals surface area contributed by atoms with Crippen LogP contribution in [0.5, 0.6) is 5.75 Å². The van der Waals surface area contributed by atoms with E-state index in [1.807, 2.05) is 13.0 Å². The second-order valence-corrected chi connectivity index (χ2v) is 5.50. The summed E-state index contributed by atoms with van der Waals surface area (Å²) < 4.78 is 5.55. The predicted molar refractivity (Wildman–Crippen MR) is 87.8 cm³/mol. The van der Waals surface area contributed by atoms with Crippen LogP contribution in [0.15, 0.2) is 24.3 Å². The maximum atomic E-state index is 5.55. The van der Waals surface area contributed by atoms with E-state index in [4.69, 9.17) is 4.74 Å². The number of hydrogen-bond donors (Lipinski definition) is 1. The molecular formula is C17H28ClNO. The number of ether oxygens (including phenoxy) is 1. The molecule has 1 N–H and O–H groups in total. The molecule has 1 saturated carbocycles. The Hall–Kier alpha value is -0.730. The first-order valence-corrected chi connectivity index (χ1v) is 7.83. The molecule has 2 rings (SSSR count). The van der Waals surface area contributed by atoms with Crippen molar-refractivity contribution in [2.45, 2.75) is 64.5 Å². The van der Waals surface area contributed by atoms with Gasteiger partial charge in [0.05, 0.1) is 6.61 Å². The Labute approximate surface area is 129 Å². The van der Waals surface area contributed by atoms with E-state index in [1.165, 1.54) is 50.5 Å². The fraction of sp³-hybridized carbons (Fsp3) is 0.647. The summed E-state index contributed by atoms with van der Waals surface area (Å²) in [7, 11) is 0. The average Bonchev–Trinajstić information content (AvgIpc) is 2.38. The largest absolute Gasteiger partial charge is 0.494 e. The lowest BCUT2D eigenvalue weighted by Crippen LogP contribution is -2.29. The van der Waals surface area contributed by atoms with Gasteiger partial charge in [0.15, 0.2) is 0 Å². The van der Waals surface area contributed by atoms with Crippen LogP contribution in [-0.2, 0) is 6.54 Å². The lowest BCUT2D eigenvalue weighted by Gasteiger charge is -2.21. The van der Waals surface area contributed by atoms with Crippen molar-refractivity contribution < 1.29 is 4.74 Å². The highest BCUT2D eigenvalue weighted by Gasteiger charge is 2.10. The van der Waals surface area contributed by atoms with Crippen molar-refractivity contribution in [1.82, 2.24) is 5.32 Å². The molecule has 1 aromatic rings. The summed E-state index contributed by atoms with van der Waals surface area (Å²) in [5, 5.41) is 3.72. The van der Waals surface area contributed by atoms with E-state index >= 15 is 0 Å². The summed E-state index contributed by atoms with van der Waals surface area (Å²) in [6, 6.07) is 9.15. The van der Waals surface area contributed by atoms with Crippen molar-refractivity contribution in [3.8, 4) is 5.75 Å². The first kappa shape index (κ1) is 17.3. The van der Waals surface area contributed by atoms with Gasteiger partial charge in [-0.15, -0.1) is 12.4 Å². The minimum absolute atomic E-state index is 0. The highest BCUT2D eigenvalue weighted by atomic mass is 35.5. The Morgan fingerprint density at radius 2 is 1.80 bits per heavy atom. The molecule has 2 nitrogen and oxygen atoms in total. The topological polar surface area (TPSA) is 21.3 Å². The van der Waals surface area contributed by atoms with Crippen LogP contribution in [0.4, 0.5) is 0 Å². The van der Waals surface area contributed by atoms with E-state index in [0.29, 0.717) is 6.04 Å². The molecule has 114 valence electrons. The summed E-state index contributed by atoms with van der Waals surface area (Å²) in [6.07, 6.45) is 9.71. The Kier molecular flexibility index (Phi) is 8.72. The molecular weight excluding hydrogens is 270 g/mol. The van der Waals surface area contributed by atoms with E-state index in [1.54, 1.807) is 0 Å². The first-order chi connectivity index (χ1) is 9.38. The third-order valence-corrected chi connectivity index (χ3v) is 3.91. The van der Waals surface area contributed by atoms with Crippen LogP contribution < -0.4 is 10.1 Å². The molecule has 1 aliphatic rings. The second kappa shape index (κ2) is 10.1. The van der Waals surface area contributed by atoms with Gasteiger partial charge in [-0.05, 0) is 37.5 Å². The van der Waals surface area contributed by atoms with Crippen molar-refractivity contribution in [2.24, 2.45) is 0 Å². The second-order valence-electron chi connectivity index (χ2n) is 5.50. The molecule has 0 amide bonds. The Bertz CT molecular complexity index is 362. The Morgan fingerprint density at radius 3 is 2.50 bits per heavy atom. The fourth-order valence-electron chi connectivity index (χ4n) is 2.83. The van der Waals surface area contributed by atoms with Crippen molar-refractivity contribution in [3.63, 3.8) is 0 Å². The zero-order valence-corrected chi connectivity index (χ0v) is 13.4. The van der Waals surface area contributed by atoms with Crippen LogP contribution >= 0.6 is 12.4 Å². The van der Waals surface area contributed by atoms with Gasteiger partial charge in [0, 0.05) is 12.6 Å². The lowest BCUT2D eigenvalue weighted by atomic mass is 9.96. The zero-order valence-electron chi connectivity index (χ0n) is 12.6. The van der Waals surface area contributed by atoms with E-state index < -0.39 is 0 Å². The number of halogens is 1. The normalized spacial score (nSPS) is 16.9. The standard InChI is InChI=1S/C17H27NO.ClH/c1-2-19-17-12-8-9-15(13-17)14-18-16-10-6-4-3-5-7-11-16;/h8-9,12-13,16,18H,2-7,10-11,14H2,1H3;1H. The molecule has 0 atom stereocenters. The number of hydrogen-bond acceptors (Lipinski definition) is 2. The van der Waals surface area contributed by atoms with Gasteiger partial charge in [0.25, 0.3) is 0 Å². The van der Waals surface area contributed by atoms with Gasteiger partial charge in [0.1, 0.15) is 5.75 Å². The van der Waals surface area contributed by atoms with Crippen LogP contribution in [-0.4, -0.2) is 12.6 Å². The number of nitrogens with one attached hydrogen (secondary N) is 1. The molecule has 1 aromatic carbocycles. The molecule has 1 fully saturated rings. The lowest BCUT2D eigenvalue weighted by molar-refractivity contribution is 0.339. The van der Waals surface area contributed by atoms with E-state index in [0.717, 1.165) is 18.9 Å². The molecule has 0 radical (unpaired) electrons. The van der Waals surface area contributed by atoms with Gasteiger partial charge in [-0.2, -0.15) is 0 Å². The average molecular weight is 298 g/mol. The van der Waals surface area contributed by atoms with Crippen LogP contribution in [0.1, 0.15) is 57.4 Å². The SMILES string of the molecule is CCOc1cccc(CNC2CCCCCCC2)c1.Cl. The minimum Gasteiger partial charge on any atom is -0.494 e. The minimum atomic E-state index is 0. The summed E-state index contributed by atoms with van der Waals surface area (Å²) in [5.41, 5.74) is 1.33. The van der Waals surface area contributed by atoms with Crippen molar-refractivity contribution >= 4 is 12.4 Å². The van der Waals surface area contributed by atoms with Crippen LogP contribution in [0.2, 0.25) is 0 Å². The molecule has 0 aliphatic heterocycles. The third-order valence-electron chi connectivity index (χ3n) is 3.91. The van der Waals surface area contributed by atoms with Crippen molar-refractivity contribution in [2.75, 3.05) is 6.61 Å². The van der Waals surface area contributed by atoms with Gasteiger partial charge in [0.2, 0.25) is 0 Å². The fourth-order valence-corrected chi connectivity index (χ4v) is 2.83. The molecule has 0 aromatic heterocycles. The van der Waals surface area contributed by atoms with Gasteiger partial charge in [-0.25, -0.2) is 0 Å². The van der Waals surface area contributed by atoms with Crippen LogP contribution in [0.25, 0.3) is 0 Å².